The van der Waals surface area contributed by atoms with Crippen LogP contribution >= 0.6 is 11.6 Å². The van der Waals surface area contributed by atoms with Gasteiger partial charge in [0, 0.05) is 18.3 Å². The average molecular weight is 202 g/mol. The number of pyridine rings is 1. The van der Waals surface area contributed by atoms with Crippen LogP contribution in [0.1, 0.15) is 5.69 Å². The maximum atomic E-state index is 10.3. The van der Waals surface area contributed by atoms with Crippen molar-refractivity contribution in [2.24, 2.45) is 0 Å². The number of aliphatic hydroxyl groups is 1. The number of aromatic nitrogens is 1. The molecule has 0 amide bonds. The van der Waals surface area contributed by atoms with Crippen LogP contribution in [0.25, 0.3) is 0 Å². The minimum Gasteiger partial charge on any atom is -0.479 e. The number of halogens is 1. The highest BCUT2D eigenvalue weighted by Crippen LogP contribution is 2.07. The van der Waals surface area contributed by atoms with Gasteiger partial charge >= 0.3 is 5.97 Å². The Morgan fingerprint density at radius 1 is 1.62 bits per heavy atom. The first-order chi connectivity index (χ1) is 6.09. The highest BCUT2D eigenvalue weighted by atomic mass is 35.5. The molecule has 4 nitrogen and oxygen atoms in total. The molecule has 2 N–H and O–H groups in total. The van der Waals surface area contributed by atoms with Crippen LogP contribution in [0, 0.1) is 0 Å². The van der Waals surface area contributed by atoms with Crippen LogP contribution in [-0.4, -0.2) is 27.3 Å². The highest BCUT2D eigenvalue weighted by Gasteiger charge is 2.13. The van der Waals surface area contributed by atoms with Crippen molar-refractivity contribution >= 4 is 17.6 Å². The molecule has 0 aliphatic heterocycles. The van der Waals surface area contributed by atoms with Gasteiger partial charge in [-0.2, -0.15) is 0 Å². The monoisotopic (exact) mass is 201 g/mol. The standard InChI is InChI=1S/C8H8ClNO3/c9-5-1-2-6(10-4-5)3-7(11)8(12)13/h1-2,4,7,11H,3H2,(H,12,13). The molecule has 1 unspecified atom stereocenters. The van der Waals surface area contributed by atoms with Crippen molar-refractivity contribution in [1.29, 1.82) is 0 Å². The quantitative estimate of drug-likeness (QED) is 0.756. The van der Waals surface area contributed by atoms with Crippen molar-refractivity contribution in [1.82, 2.24) is 4.98 Å². The lowest BCUT2D eigenvalue weighted by atomic mass is 10.2. The molecule has 0 bridgehead atoms. The average Bonchev–Trinajstić information content (AvgIpc) is 2.08. The summed E-state index contributed by atoms with van der Waals surface area (Å²) in [5.74, 6) is -1.25. The summed E-state index contributed by atoms with van der Waals surface area (Å²) >= 11 is 5.57. The van der Waals surface area contributed by atoms with Gasteiger partial charge in [0.1, 0.15) is 0 Å². The maximum Gasteiger partial charge on any atom is 0.332 e. The number of nitrogens with zero attached hydrogens (tertiary/aromatic N) is 1. The molecule has 1 heterocycles. The van der Waals surface area contributed by atoms with Crippen LogP contribution in [-0.2, 0) is 11.2 Å². The van der Waals surface area contributed by atoms with E-state index in [1.807, 2.05) is 0 Å². The third-order valence-corrected chi connectivity index (χ3v) is 1.70. The van der Waals surface area contributed by atoms with Gasteiger partial charge in [0.15, 0.2) is 6.10 Å². The molecule has 1 rings (SSSR count). The summed E-state index contributed by atoms with van der Waals surface area (Å²) in [4.78, 5) is 14.1. The molecule has 1 atom stereocenters. The second-order valence-corrected chi connectivity index (χ2v) is 2.96. The lowest BCUT2D eigenvalue weighted by Crippen LogP contribution is -2.22. The second kappa shape index (κ2) is 4.20. The van der Waals surface area contributed by atoms with Gasteiger partial charge in [-0.3, -0.25) is 4.98 Å². The van der Waals surface area contributed by atoms with Crippen molar-refractivity contribution in [3.05, 3.63) is 29.0 Å². The van der Waals surface area contributed by atoms with Crippen LogP contribution in [0.3, 0.4) is 0 Å². The first kappa shape index (κ1) is 9.95. The molecule has 1 aromatic heterocycles. The Morgan fingerprint density at radius 3 is 2.77 bits per heavy atom. The van der Waals surface area contributed by atoms with Gasteiger partial charge in [-0.25, -0.2) is 4.79 Å². The van der Waals surface area contributed by atoms with E-state index < -0.39 is 12.1 Å². The fraction of sp³-hybridized carbons (Fsp3) is 0.250. The Bertz CT molecular complexity index is 299. The number of aliphatic hydroxyl groups excluding tert-OH is 1. The molecule has 0 spiro atoms. The predicted molar refractivity (Wildman–Crippen MR) is 46.6 cm³/mol. The molecular formula is C8H8ClNO3. The largest absolute Gasteiger partial charge is 0.479 e. The normalized spacial score (nSPS) is 12.5. The van der Waals surface area contributed by atoms with Gasteiger partial charge in [0.25, 0.3) is 0 Å². The molecule has 13 heavy (non-hydrogen) atoms. The van der Waals surface area contributed by atoms with Crippen LogP contribution in [0.5, 0.6) is 0 Å². The molecule has 1 aromatic rings. The zero-order chi connectivity index (χ0) is 9.84. The first-order valence-electron chi connectivity index (χ1n) is 3.61. The van der Waals surface area contributed by atoms with Gasteiger partial charge in [-0.15, -0.1) is 0 Å². The number of carboxylic acid groups (broad SMARTS) is 1. The van der Waals surface area contributed by atoms with Crippen molar-refractivity contribution in [2.45, 2.75) is 12.5 Å². The molecule has 0 aliphatic rings. The third kappa shape index (κ3) is 3.01. The van der Waals surface area contributed by atoms with E-state index in [2.05, 4.69) is 4.98 Å². The summed E-state index contributed by atoms with van der Waals surface area (Å²) in [6.07, 6.45) is -0.00788. The van der Waals surface area contributed by atoms with Gasteiger partial charge in [-0.1, -0.05) is 11.6 Å². The third-order valence-electron chi connectivity index (χ3n) is 1.48. The van der Waals surface area contributed by atoms with E-state index in [1.165, 1.54) is 6.20 Å². The van der Waals surface area contributed by atoms with E-state index in [4.69, 9.17) is 21.8 Å². The van der Waals surface area contributed by atoms with E-state index in [9.17, 15) is 4.79 Å². The van der Waals surface area contributed by atoms with Crippen LogP contribution < -0.4 is 0 Å². The molecule has 0 fully saturated rings. The Balaban J connectivity index is 2.64. The van der Waals surface area contributed by atoms with Crippen molar-refractivity contribution in [3.63, 3.8) is 0 Å². The van der Waals surface area contributed by atoms with Gasteiger partial charge in [0.2, 0.25) is 0 Å². The highest BCUT2D eigenvalue weighted by molar-refractivity contribution is 6.30. The molecule has 0 saturated carbocycles. The van der Waals surface area contributed by atoms with Gasteiger partial charge in [0.05, 0.1) is 5.02 Å². The molecule has 0 aliphatic carbocycles. The van der Waals surface area contributed by atoms with Crippen LogP contribution in [0.4, 0.5) is 0 Å². The minimum absolute atomic E-state index is 0.00744. The van der Waals surface area contributed by atoms with Crippen LogP contribution in [0.2, 0.25) is 5.02 Å². The number of carbonyl (C=O) groups is 1. The van der Waals surface area contributed by atoms with Gasteiger partial charge < -0.3 is 10.2 Å². The van der Waals surface area contributed by atoms with Crippen LogP contribution in [0.15, 0.2) is 18.3 Å². The molecule has 5 heteroatoms. The summed E-state index contributed by atoms with van der Waals surface area (Å²) in [5, 5.41) is 17.9. The number of hydrogen-bond acceptors (Lipinski definition) is 3. The molecule has 70 valence electrons. The van der Waals surface area contributed by atoms with Crippen molar-refractivity contribution in [3.8, 4) is 0 Å². The number of hydrogen-bond donors (Lipinski definition) is 2. The lowest BCUT2D eigenvalue weighted by molar-refractivity contribution is -0.146. The zero-order valence-corrected chi connectivity index (χ0v) is 7.40. The fourth-order valence-corrected chi connectivity index (χ4v) is 0.924. The predicted octanol–water partition coefficient (Wildman–Crippen LogP) is 0.723. The van der Waals surface area contributed by atoms with E-state index >= 15 is 0 Å². The Hall–Kier alpha value is -1.13. The summed E-state index contributed by atoms with van der Waals surface area (Å²) in [6.45, 7) is 0. The second-order valence-electron chi connectivity index (χ2n) is 2.53. The van der Waals surface area contributed by atoms with Crippen molar-refractivity contribution < 1.29 is 15.0 Å². The van der Waals surface area contributed by atoms with Gasteiger partial charge in [-0.05, 0) is 12.1 Å². The Morgan fingerprint density at radius 2 is 2.31 bits per heavy atom. The lowest BCUT2D eigenvalue weighted by Gasteiger charge is -2.03. The summed E-state index contributed by atoms with van der Waals surface area (Å²) < 4.78 is 0. The molecule has 0 aromatic carbocycles. The zero-order valence-electron chi connectivity index (χ0n) is 6.64. The molecule has 0 radical (unpaired) electrons. The van der Waals surface area contributed by atoms with E-state index in [0.29, 0.717) is 10.7 Å². The van der Waals surface area contributed by atoms with E-state index in [1.54, 1.807) is 12.1 Å². The summed E-state index contributed by atoms with van der Waals surface area (Å²) in [6, 6.07) is 3.17. The fourth-order valence-electron chi connectivity index (χ4n) is 0.813. The molecular weight excluding hydrogens is 194 g/mol. The van der Waals surface area contributed by atoms with E-state index in [0.717, 1.165) is 0 Å². The maximum absolute atomic E-state index is 10.3. The SMILES string of the molecule is O=C(O)C(O)Cc1ccc(Cl)cn1. The number of carboxylic acids is 1. The molecule has 0 saturated heterocycles. The first-order valence-corrected chi connectivity index (χ1v) is 3.98. The van der Waals surface area contributed by atoms with Crippen molar-refractivity contribution in [2.75, 3.05) is 0 Å². The number of aliphatic carboxylic acids is 1. The van der Waals surface area contributed by atoms with E-state index in [-0.39, 0.29) is 6.42 Å². The summed E-state index contributed by atoms with van der Waals surface area (Å²) in [7, 11) is 0. The number of rotatable bonds is 3. The Kier molecular flexibility index (Phi) is 3.22. The minimum atomic E-state index is -1.41. The smallest absolute Gasteiger partial charge is 0.332 e. The Labute approximate surface area is 79.8 Å². The summed E-state index contributed by atoms with van der Waals surface area (Å²) in [5.41, 5.74) is 0.499. The topological polar surface area (TPSA) is 70.4 Å².